The number of hydrogen-bond donors (Lipinski definition) is 2. The molecule has 4 atom stereocenters. The molecule has 2 aliphatic rings. The number of hydrogen-bond acceptors (Lipinski definition) is 2. The predicted molar refractivity (Wildman–Crippen MR) is 84.0 cm³/mol. The second-order valence-electron chi connectivity index (χ2n) is 6.19. The second-order valence-corrected chi connectivity index (χ2v) is 6.19. The first kappa shape index (κ1) is 15.2. The minimum absolute atomic E-state index is 0. The highest BCUT2D eigenvalue weighted by atomic mass is 35.5. The number of benzene rings is 1. The van der Waals surface area contributed by atoms with Gasteiger partial charge in [-0.25, -0.2) is 0 Å². The predicted octanol–water partition coefficient (Wildman–Crippen LogP) is 3.25. The van der Waals surface area contributed by atoms with Crippen molar-refractivity contribution in [3.63, 3.8) is 0 Å². The Bertz CT molecular complexity index is 491. The van der Waals surface area contributed by atoms with Gasteiger partial charge in [0, 0.05) is 11.7 Å². The summed E-state index contributed by atoms with van der Waals surface area (Å²) in [5.74, 6) is 2.37. The third-order valence-electron chi connectivity index (χ3n) is 5.00. The van der Waals surface area contributed by atoms with Crippen molar-refractivity contribution < 1.29 is 4.79 Å². The van der Waals surface area contributed by atoms with Gasteiger partial charge in [0.1, 0.15) is 0 Å². The van der Waals surface area contributed by atoms with Crippen LogP contribution in [0.5, 0.6) is 0 Å². The Morgan fingerprint density at radius 3 is 2.65 bits per heavy atom. The highest BCUT2D eigenvalue weighted by Gasteiger charge is 2.42. The maximum absolute atomic E-state index is 12.2. The monoisotopic (exact) mass is 294 g/mol. The molecule has 1 aromatic carbocycles. The number of nitrogens with two attached hydrogens (primary N) is 1. The number of nitrogen functional groups attached to an aromatic ring is 1. The van der Waals surface area contributed by atoms with E-state index in [1.54, 1.807) is 12.1 Å². The summed E-state index contributed by atoms with van der Waals surface area (Å²) in [6.45, 7) is 2.14. The van der Waals surface area contributed by atoms with Gasteiger partial charge in [-0.15, -0.1) is 12.4 Å². The first-order valence-corrected chi connectivity index (χ1v) is 7.30. The molecule has 0 aromatic heterocycles. The number of amides is 1. The third-order valence-corrected chi connectivity index (χ3v) is 5.00. The molecule has 0 heterocycles. The Hall–Kier alpha value is -1.22. The first-order valence-electron chi connectivity index (χ1n) is 7.30. The van der Waals surface area contributed by atoms with Crippen LogP contribution >= 0.6 is 12.4 Å². The molecule has 0 radical (unpaired) electrons. The van der Waals surface area contributed by atoms with E-state index in [1.165, 1.54) is 25.7 Å². The van der Waals surface area contributed by atoms with Gasteiger partial charge in [0.05, 0.1) is 5.56 Å². The molecular formula is C16H23ClN2O. The highest BCUT2D eigenvalue weighted by Crippen LogP contribution is 2.49. The van der Waals surface area contributed by atoms with Crippen LogP contribution in [0.4, 0.5) is 5.69 Å². The van der Waals surface area contributed by atoms with Crippen molar-refractivity contribution >= 4 is 24.0 Å². The summed E-state index contributed by atoms with van der Waals surface area (Å²) in [7, 11) is 0. The molecule has 2 bridgehead atoms. The van der Waals surface area contributed by atoms with Gasteiger partial charge in [0.2, 0.25) is 0 Å². The van der Waals surface area contributed by atoms with E-state index in [4.69, 9.17) is 5.73 Å². The van der Waals surface area contributed by atoms with E-state index in [1.807, 2.05) is 12.1 Å². The van der Waals surface area contributed by atoms with Crippen molar-refractivity contribution in [2.75, 3.05) is 5.73 Å². The van der Waals surface area contributed by atoms with Crippen LogP contribution in [-0.4, -0.2) is 11.9 Å². The van der Waals surface area contributed by atoms with E-state index in [0.717, 1.165) is 11.8 Å². The summed E-state index contributed by atoms with van der Waals surface area (Å²) < 4.78 is 0. The van der Waals surface area contributed by atoms with Gasteiger partial charge in [0.25, 0.3) is 5.91 Å². The van der Waals surface area contributed by atoms with Crippen LogP contribution in [0.25, 0.3) is 0 Å². The zero-order valence-electron chi connectivity index (χ0n) is 11.8. The number of rotatable bonds is 3. The normalized spacial score (nSPS) is 28.8. The van der Waals surface area contributed by atoms with Crippen molar-refractivity contribution in [3.05, 3.63) is 29.8 Å². The minimum atomic E-state index is -0.0339. The van der Waals surface area contributed by atoms with Gasteiger partial charge in [0.15, 0.2) is 0 Å². The van der Waals surface area contributed by atoms with Gasteiger partial charge in [-0.3, -0.25) is 4.79 Å². The summed E-state index contributed by atoms with van der Waals surface area (Å²) in [5, 5.41) is 3.14. The van der Waals surface area contributed by atoms with Crippen molar-refractivity contribution in [2.24, 2.45) is 17.8 Å². The van der Waals surface area contributed by atoms with E-state index >= 15 is 0 Å². The topological polar surface area (TPSA) is 55.1 Å². The van der Waals surface area contributed by atoms with Crippen molar-refractivity contribution in [2.45, 2.75) is 38.6 Å². The summed E-state index contributed by atoms with van der Waals surface area (Å²) in [5.41, 5.74) is 7.00. The van der Waals surface area contributed by atoms with Gasteiger partial charge < -0.3 is 11.1 Å². The van der Waals surface area contributed by atoms with E-state index < -0.39 is 0 Å². The van der Waals surface area contributed by atoms with Crippen molar-refractivity contribution in [1.82, 2.24) is 5.32 Å². The van der Waals surface area contributed by atoms with Gasteiger partial charge in [-0.2, -0.15) is 0 Å². The van der Waals surface area contributed by atoms with E-state index in [0.29, 0.717) is 17.2 Å². The summed E-state index contributed by atoms with van der Waals surface area (Å²) in [6, 6.07) is 7.52. The van der Waals surface area contributed by atoms with Crippen LogP contribution in [0.2, 0.25) is 0 Å². The van der Waals surface area contributed by atoms with E-state index in [2.05, 4.69) is 12.2 Å². The number of anilines is 1. The van der Waals surface area contributed by atoms with Crippen molar-refractivity contribution in [1.29, 1.82) is 0 Å². The molecule has 2 saturated carbocycles. The lowest BCUT2D eigenvalue weighted by Crippen LogP contribution is -2.40. The quantitative estimate of drug-likeness (QED) is 0.841. The average molecular weight is 295 g/mol. The molecule has 20 heavy (non-hydrogen) atoms. The smallest absolute Gasteiger partial charge is 0.253 e. The lowest BCUT2D eigenvalue weighted by molar-refractivity contribution is 0.0916. The fourth-order valence-electron chi connectivity index (χ4n) is 4.00. The van der Waals surface area contributed by atoms with Crippen LogP contribution < -0.4 is 11.1 Å². The molecule has 3 rings (SSSR count). The van der Waals surface area contributed by atoms with Crippen LogP contribution in [0.3, 0.4) is 0 Å². The van der Waals surface area contributed by atoms with Gasteiger partial charge >= 0.3 is 0 Å². The first-order chi connectivity index (χ1) is 9.15. The number of halogens is 1. The second kappa shape index (κ2) is 6.04. The number of carbonyl (C=O) groups is 1. The number of nitrogens with one attached hydrogen (secondary N) is 1. The molecular weight excluding hydrogens is 272 g/mol. The lowest BCUT2D eigenvalue weighted by atomic mass is 9.84. The lowest BCUT2D eigenvalue weighted by Gasteiger charge is -2.28. The molecule has 0 spiro atoms. The largest absolute Gasteiger partial charge is 0.398 e. The molecule has 1 aromatic rings. The Balaban J connectivity index is 0.00000147. The average Bonchev–Trinajstić information content (AvgIpc) is 3.01. The molecule has 0 saturated heterocycles. The Morgan fingerprint density at radius 1 is 1.30 bits per heavy atom. The molecule has 110 valence electrons. The molecule has 2 aliphatic carbocycles. The molecule has 1 amide bonds. The Kier molecular flexibility index (Phi) is 4.59. The Labute approximate surface area is 126 Å². The number of carbonyl (C=O) groups excluding carboxylic acids is 1. The molecule has 3 nitrogen and oxygen atoms in total. The maximum atomic E-state index is 12.2. The fourth-order valence-corrected chi connectivity index (χ4v) is 4.00. The zero-order chi connectivity index (χ0) is 13.4. The van der Waals surface area contributed by atoms with Crippen LogP contribution in [0.1, 0.15) is 43.0 Å². The van der Waals surface area contributed by atoms with Gasteiger partial charge in [-0.1, -0.05) is 18.6 Å². The zero-order valence-corrected chi connectivity index (χ0v) is 12.7. The summed E-state index contributed by atoms with van der Waals surface area (Å²) >= 11 is 0. The number of fused-ring (bicyclic) bond motifs is 2. The molecule has 3 N–H and O–H groups in total. The van der Waals surface area contributed by atoms with E-state index in [-0.39, 0.29) is 24.4 Å². The third kappa shape index (κ3) is 2.78. The molecule has 4 unspecified atom stereocenters. The molecule has 2 fully saturated rings. The van der Waals surface area contributed by atoms with Crippen molar-refractivity contribution in [3.8, 4) is 0 Å². The maximum Gasteiger partial charge on any atom is 0.253 e. The van der Waals surface area contributed by atoms with Gasteiger partial charge in [-0.05, 0) is 56.1 Å². The SMILES string of the molecule is CC(NC(=O)c1ccccc1N)C1CC2CCC1C2.Cl. The van der Waals surface area contributed by atoms with Crippen LogP contribution in [0.15, 0.2) is 24.3 Å². The fraction of sp³-hybridized carbons (Fsp3) is 0.562. The van der Waals surface area contributed by atoms with Crippen LogP contribution in [0, 0.1) is 17.8 Å². The molecule has 0 aliphatic heterocycles. The summed E-state index contributed by atoms with van der Waals surface area (Å²) in [4.78, 5) is 12.2. The van der Waals surface area contributed by atoms with Crippen LogP contribution in [-0.2, 0) is 0 Å². The Morgan fingerprint density at radius 2 is 2.05 bits per heavy atom. The summed E-state index contributed by atoms with van der Waals surface area (Å²) in [6.07, 6.45) is 5.41. The standard InChI is InChI=1S/C16H22N2O.ClH/c1-10(14-9-11-6-7-12(14)8-11)18-16(19)13-4-2-3-5-15(13)17;/h2-5,10-12,14H,6-9,17H2,1H3,(H,18,19);1H. The highest BCUT2D eigenvalue weighted by molar-refractivity contribution is 5.99. The molecule has 4 heteroatoms. The number of para-hydroxylation sites is 1. The van der Waals surface area contributed by atoms with E-state index in [9.17, 15) is 4.79 Å². The minimum Gasteiger partial charge on any atom is -0.398 e.